The first kappa shape index (κ1) is 10.5. The second-order valence-corrected chi connectivity index (χ2v) is 2.92. The van der Waals surface area contributed by atoms with Crippen molar-refractivity contribution in [1.82, 2.24) is 0 Å². The van der Waals surface area contributed by atoms with Crippen molar-refractivity contribution in [2.45, 2.75) is 12.5 Å². The number of nitrogens with two attached hydrogens (primary N) is 1. The van der Waals surface area contributed by atoms with Gasteiger partial charge in [-0.25, -0.2) is 4.39 Å². The maximum Gasteiger partial charge on any atom is 0.320 e. The lowest BCUT2D eigenvalue weighted by Crippen LogP contribution is -2.32. The van der Waals surface area contributed by atoms with E-state index in [0.717, 1.165) is 12.1 Å². The second kappa shape index (κ2) is 4.06. The van der Waals surface area contributed by atoms with Crippen LogP contribution in [0.15, 0.2) is 18.2 Å². The summed E-state index contributed by atoms with van der Waals surface area (Å²) in [5.41, 5.74) is 5.43. The molecule has 1 aromatic rings. The average molecular weight is 199 g/mol. The predicted octanol–water partition coefficient (Wildman–Crippen LogP) is 0.486. The summed E-state index contributed by atoms with van der Waals surface area (Å²) in [6.45, 7) is 0. The van der Waals surface area contributed by atoms with Crippen molar-refractivity contribution < 1.29 is 19.4 Å². The molecule has 0 bridgehead atoms. The highest BCUT2D eigenvalue weighted by molar-refractivity contribution is 5.73. The van der Waals surface area contributed by atoms with E-state index < -0.39 is 17.8 Å². The Kier molecular flexibility index (Phi) is 3.03. The normalized spacial score (nSPS) is 12.4. The molecule has 0 heterocycles. The van der Waals surface area contributed by atoms with Crippen LogP contribution < -0.4 is 5.73 Å². The van der Waals surface area contributed by atoms with Gasteiger partial charge in [0.25, 0.3) is 0 Å². The number of rotatable bonds is 3. The monoisotopic (exact) mass is 199 g/mol. The van der Waals surface area contributed by atoms with Gasteiger partial charge in [0.2, 0.25) is 0 Å². The van der Waals surface area contributed by atoms with Crippen LogP contribution in [-0.4, -0.2) is 22.2 Å². The lowest BCUT2D eigenvalue weighted by atomic mass is 10.1. The minimum atomic E-state index is -1.19. The van der Waals surface area contributed by atoms with Gasteiger partial charge < -0.3 is 15.9 Å². The van der Waals surface area contributed by atoms with Gasteiger partial charge >= 0.3 is 5.97 Å². The van der Waals surface area contributed by atoms with Gasteiger partial charge in [-0.05, 0) is 23.8 Å². The molecule has 0 aliphatic rings. The van der Waals surface area contributed by atoms with Gasteiger partial charge in [-0.2, -0.15) is 0 Å². The zero-order valence-corrected chi connectivity index (χ0v) is 7.27. The van der Waals surface area contributed by atoms with Gasteiger partial charge in [-0.1, -0.05) is 0 Å². The highest BCUT2D eigenvalue weighted by atomic mass is 19.1. The van der Waals surface area contributed by atoms with Crippen LogP contribution in [0.25, 0.3) is 0 Å². The lowest BCUT2D eigenvalue weighted by Gasteiger charge is -2.07. The van der Waals surface area contributed by atoms with Gasteiger partial charge in [0.15, 0.2) is 0 Å². The summed E-state index contributed by atoms with van der Waals surface area (Å²) in [5.74, 6) is -1.87. The Hall–Kier alpha value is -1.62. The van der Waals surface area contributed by atoms with E-state index >= 15 is 0 Å². The van der Waals surface area contributed by atoms with Gasteiger partial charge in [-0.3, -0.25) is 4.79 Å². The zero-order chi connectivity index (χ0) is 10.7. The molecule has 76 valence electrons. The standard InChI is InChI=1S/C9H10FNO3/c10-6-1-2-8(12)5(3-6)4-7(11)9(13)14/h1-3,7,12H,4,11H2,(H,13,14). The highest BCUT2D eigenvalue weighted by Gasteiger charge is 2.14. The number of phenols is 1. The Balaban J connectivity index is 2.85. The molecular formula is C9H10FNO3. The molecule has 1 unspecified atom stereocenters. The fourth-order valence-corrected chi connectivity index (χ4v) is 1.04. The van der Waals surface area contributed by atoms with Crippen LogP contribution in [-0.2, 0) is 11.2 Å². The van der Waals surface area contributed by atoms with Gasteiger partial charge in [0.1, 0.15) is 17.6 Å². The summed E-state index contributed by atoms with van der Waals surface area (Å²) in [5, 5.41) is 17.8. The molecular weight excluding hydrogens is 189 g/mol. The van der Waals surface area contributed by atoms with Gasteiger partial charge in [-0.15, -0.1) is 0 Å². The highest BCUT2D eigenvalue weighted by Crippen LogP contribution is 2.18. The molecule has 14 heavy (non-hydrogen) atoms. The zero-order valence-electron chi connectivity index (χ0n) is 7.27. The minimum Gasteiger partial charge on any atom is -0.508 e. The van der Waals surface area contributed by atoms with Crippen LogP contribution >= 0.6 is 0 Å². The predicted molar refractivity (Wildman–Crippen MR) is 47.4 cm³/mol. The molecule has 0 saturated carbocycles. The topological polar surface area (TPSA) is 83.5 Å². The third kappa shape index (κ3) is 2.43. The van der Waals surface area contributed by atoms with Crippen LogP contribution in [0.3, 0.4) is 0 Å². The van der Waals surface area contributed by atoms with Crippen LogP contribution in [0.2, 0.25) is 0 Å². The van der Waals surface area contributed by atoms with E-state index in [-0.39, 0.29) is 17.7 Å². The number of benzene rings is 1. The number of aromatic hydroxyl groups is 1. The van der Waals surface area contributed by atoms with E-state index in [2.05, 4.69) is 0 Å². The summed E-state index contributed by atoms with van der Waals surface area (Å²) in [6.07, 6.45) is -0.0983. The van der Waals surface area contributed by atoms with E-state index in [1.807, 2.05) is 0 Å². The number of aliphatic carboxylic acids is 1. The molecule has 0 aromatic heterocycles. The maximum atomic E-state index is 12.7. The molecule has 4 nitrogen and oxygen atoms in total. The number of carbonyl (C=O) groups is 1. The van der Waals surface area contributed by atoms with Crippen LogP contribution in [0.1, 0.15) is 5.56 Å². The molecule has 0 amide bonds. The number of hydrogen-bond acceptors (Lipinski definition) is 3. The van der Waals surface area contributed by atoms with Crippen molar-refractivity contribution in [2.75, 3.05) is 0 Å². The molecule has 5 heteroatoms. The Bertz CT molecular complexity index is 354. The number of carboxylic acid groups (broad SMARTS) is 1. The van der Waals surface area contributed by atoms with Crippen LogP contribution in [0.5, 0.6) is 5.75 Å². The quantitative estimate of drug-likeness (QED) is 0.661. The summed E-state index contributed by atoms with van der Waals surface area (Å²) < 4.78 is 12.7. The Morgan fingerprint density at radius 2 is 2.21 bits per heavy atom. The smallest absolute Gasteiger partial charge is 0.320 e. The lowest BCUT2D eigenvalue weighted by molar-refractivity contribution is -0.138. The van der Waals surface area contributed by atoms with Gasteiger partial charge in [0.05, 0.1) is 0 Å². The number of halogens is 1. The first-order valence-electron chi connectivity index (χ1n) is 3.96. The molecule has 1 atom stereocenters. The SMILES string of the molecule is NC(Cc1cc(F)ccc1O)C(=O)O. The number of phenolic OH excluding ortho intramolecular Hbond substituents is 1. The third-order valence-electron chi connectivity index (χ3n) is 1.80. The van der Waals surface area contributed by atoms with E-state index in [9.17, 15) is 14.3 Å². The fourth-order valence-electron chi connectivity index (χ4n) is 1.04. The third-order valence-corrected chi connectivity index (χ3v) is 1.80. The number of hydrogen-bond donors (Lipinski definition) is 3. The fraction of sp³-hybridized carbons (Fsp3) is 0.222. The molecule has 1 aromatic carbocycles. The summed E-state index contributed by atoms with van der Waals surface area (Å²) in [6, 6.07) is 2.19. The molecule has 0 radical (unpaired) electrons. The first-order chi connectivity index (χ1) is 6.50. The molecule has 1 rings (SSSR count). The number of carboxylic acids is 1. The summed E-state index contributed by atoms with van der Waals surface area (Å²) >= 11 is 0. The molecule has 0 saturated heterocycles. The van der Waals surface area contributed by atoms with E-state index in [4.69, 9.17) is 10.8 Å². The molecule has 0 fully saturated rings. The maximum absolute atomic E-state index is 12.7. The second-order valence-electron chi connectivity index (χ2n) is 2.92. The van der Waals surface area contributed by atoms with Crippen molar-refractivity contribution in [3.8, 4) is 5.75 Å². The Morgan fingerprint density at radius 3 is 2.79 bits per heavy atom. The Labute approximate surface area is 79.8 Å². The summed E-state index contributed by atoms with van der Waals surface area (Å²) in [7, 11) is 0. The first-order valence-corrected chi connectivity index (χ1v) is 3.96. The van der Waals surface area contributed by atoms with Crippen LogP contribution in [0.4, 0.5) is 4.39 Å². The Morgan fingerprint density at radius 1 is 1.57 bits per heavy atom. The van der Waals surface area contributed by atoms with Crippen molar-refractivity contribution in [3.05, 3.63) is 29.6 Å². The van der Waals surface area contributed by atoms with Crippen molar-refractivity contribution in [1.29, 1.82) is 0 Å². The van der Waals surface area contributed by atoms with Crippen molar-refractivity contribution in [2.24, 2.45) is 5.73 Å². The molecule has 0 aliphatic carbocycles. The molecule has 4 N–H and O–H groups in total. The van der Waals surface area contributed by atoms with E-state index in [1.54, 1.807) is 0 Å². The summed E-state index contributed by atoms with van der Waals surface area (Å²) in [4.78, 5) is 10.4. The largest absolute Gasteiger partial charge is 0.508 e. The van der Waals surface area contributed by atoms with Crippen molar-refractivity contribution in [3.63, 3.8) is 0 Å². The molecule has 0 spiro atoms. The van der Waals surface area contributed by atoms with Crippen LogP contribution in [0, 0.1) is 5.82 Å². The van der Waals surface area contributed by atoms with E-state index in [1.165, 1.54) is 6.07 Å². The average Bonchev–Trinajstić information content (AvgIpc) is 2.11. The van der Waals surface area contributed by atoms with Gasteiger partial charge in [0, 0.05) is 6.42 Å². The minimum absolute atomic E-state index is 0.0983. The van der Waals surface area contributed by atoms with E-state index in [0.29, 0.717) is 0 Å². The van der Waals surface area contributed by atoms with Crippen molar-refractivity contribution >= 4 is 5.97 Å². The molecule has 0 aliphatic heterocycles.